The van der Waals surface area contributed by atoms with Crippen LogP contribution >= 0.6 is 0 Å². The van der Waals surface area contributed by atoms with Gasteiger partial charge < -0.3 is 19.5 Å². The van der Waals surface area contributed by atoms with Crippen molar-refractivity contribution >= 4 is 14.2 Å². The summed E-state index contributed by atoms with van der Waals surface area (Å²) in [6.45, 7) is 12.9. The molecule has 1 amide bonds. The molecule has 0 fully saturated rings. The lowest BCUT2D eigenvalue weighted by molar-refractivity contribution is -0.139. The van der Waals surface area contributed by atoms with Crippen molar-refractivity contribution in [3.05, 3.63) is 71.8 Å². The molecule has 0 saturated carbocycles. The fourth-order valence-corrected chi connectivity index (χ4v) is 4.76. The van der Waals surface area contributed by atoms with E-state index in [0.29, 0.717) is 12.8 Å². The minimum absolute atomic E-state index is 0.0508. The van der Waals surface area contributed by atoms with Crippen LogP contribution in [0, 0.1) is 5.92 Å². The maximum atomic E-state index is 13.6. The van der Waals surface area contributed by atoms with E-state index in [0.717, 1.165) is 11.1 Å². The van der Waals surface area contributed by atoms with Crippen LogP contribution in [0.2, 0.25) is 18.1 Å². The lowest BCUT2D eigenvalue weighted by Gasteiger charge is -2.37. The Bertz CT molecular complexity index is 882. The van der Waals surface area contributed by atoms with E-state index < -0.39 is 32.5 Å². The quantitative estimate of drug-likeness (QED) is 0.429. The molecule has 0 aliphatic carbocycles. The van der Waals surface area contributed by atoms with E-state index in [4.69, 9.17) is 4.43 Å². The normalized spacial score (nSPS) is 15.9. The number of amides is 1. The van der Waals surface area contributed by atoms with Crippen molar-refractivity contribution in [3.8, 4) is 0 Å². The topological polar surface area (TPSA) is 70.0 Å². The van der Waals surface area contributed by atoms with Crippen molar-refractivity contribution in [1.29, 1.82) is 0 Å². The molecule has 6 heteroatoms. The molecule has 2 N–H and O–H groups in total. The van der Waals surface area contributed by atoms with Gasteiger partial charge in [-0.15, -0.1) is 0 Å². The molecule has 4 atom stereocenters. The third kappa shape index (κ3) is 7.77. The average Bonchev–Trinajstić information content (AvgIpc) is 2.81. The van der Waals surface area contributed by atoms with Gasteiger partial charge in [-0.2, -0.15) is 0 Å². The Morgan fingerprint density at radius 1 is 1.00 bits per heavy atom. The SMILES string of the molecule is C[C@@H]([C@@H](O)c1ccccc1)N(C)C(=O)[C@@H](Cc1ccccc1)CC(O)CO[Si](C)(C)C(C)(C)C. The lowest BCUT2D eigenvalue weighted by Crippen LogP contribution is -2.45. The average molecular weight is 486 g/mol. The van der Waals surface area contributed by atoms with Crippen LogP contribution in [0.25, 0.3) is 0 Å². The standard InChI is InChI=1S/C28H43NO4Si/c1-21(26(31)23-16-12-9-13-17-23)29(5)27(32)24(18-22-14-10-8-11-15-22)19-25(30)20-33-34(6,7)28(2,3)4/h8-17,21,24-26,30-31H,18-20H2,1-7H3/t21-,24-,25?,26+/m0/s1. The second-order valence-electron chi connectivity index (χ2n) is 10.9. The predicted octanol–water partition coefficient (Wildman–Crippen LogP) is 5.20. The molecule has 1 unspecified atom stereocenters. The zero-order chi connectivity index (χ0) is 25.5. The monoisotopic (exact) mass is 485 g/mol. The van der Waals surface area contributed by atoms with Gasteiger partial charge in [-0.05, 0) is 49.0 Å². The van der Waals surface area contributed by atoms with Gasteiger partial charge in [0.25, 0.3) is 0 Å². The number of nitrogens with zero attached hydrogens (tertiary/aromatic N) is 1. The second-order valence-corrected chi connectivity index (χ2v) is 15.7. The van der Waals surface area contributed by atoms with E-state index in [1.807, 2.05) is 67.6 Å². The number of aliphatic hydroxyl groups is 2. The molecule has 5 nitrogen and oxygen atoms in total. The Morgan fingerprint density at radius 3 is 2.06 bits per heavy atom. The van der Waals surface area contributed by atoms with Gasteiger partial charge in [-0.25, -0.2) is 0 Å². The maximum Gasteiger partial charge on any atom is 0.226 e. The Labute approximate surface area is 206 Å². The molecule has 0 aliphatic rings. The zero-order valence-corrected chi connectivity index (χ0v) is 22.9. The van der Waals surface area contributed by atoms with Gasteiger partial charge in [-0.3, -0.25) is 4.79 Å². The predicted molar refractivity (Wildman–Crippen MR) is 141 cm³/mol. The molecule has 2 rings (SSSR count). The van der Waals surface area contributed by atoms with Crippen LogP contribution in [0.5, 0.6) is 0 Å². The number of carbonyl (C=O) groups excluding carboxylic acids is 1. The molecule has 34 heavy (non-hydrogen) atoms. The van der Waals surface area contributed by atoms with Crippen LogP contribution in [0.4, 0.5) is 0 Å². The molecular formula is C28H43NO4Si. The number of hydrogen-bond acceptors (Lipinski definition) is 4. The maximum absolute atomic E-state index is 13.6. The molecule has 0 radical (unpaired) electrons. The molecule has 2 aromatic rings. The van der Waals surface area contributed by atoms with Gasteiger partial charge in [-0.1, -0.05) is 81.4 Å². The minimum atomic E-state index is -2.00. The molecule has 0 aromatic heterocycles. The first-order valence-corrected chi connectivity index (χ1v) is 15.1. The smallest absolute Gasteiger partial charge is 0.226 e. The summed E-state index contributed by atoms with van der Waals surface area (Å²) in [5.74, 6) is -0.506. The highest BCUT2D eigenvalue weighted by atomic mass is 28.4. The molecule has 0 saturated heterocycles. The highest BCUT2D eigenvalue weighted by molar-refractivity contribution is 6.74. The van der Waals surface area contributed by atoms with Crippen molar-refractivity contribution in [2.75, 3.05) is 13.7 Å². The van der Waals surface area contributed by atoms with Crippen molar-refractivity contribution in [2.24, 2.45) is 5.92 Å². The molecule has 2 aromatic carbocycles. The van der Waals surface area contributed by atoms with Crippen LogP contribution in [-0.2, 0) is 15.6 Å². The molecule has 0 heterocycles. The molecular weight excluding hydrogens is 442 g/mol. The second kappa shape index (κ2) is 12.1. The summed E-state index contributed by atoms with van der Waals surface area (Å²) in [5, 5.41) is 21.8. The van der Waals surface area contributed by atoms with E-state index in [-0.39, 0.29) is 17.6 Å². The Hall–Kier alpha value is -1.99. The van der Waals surface area contributed by atoms with Crippen LogP contribution in [0.3, 0.4) is 0 Å². The van der Waals surface area contributed by atoms with Crippen molar-refractivity contribution in [1.82, 2.24) is 4.90 Å². The van der Waals surface area contributed by atoms with Gasteiger partial charge in [0.2, 0.25) is 5.91 Å². The van der Waals surface area contributed by atoms with Gasteiger partial charge in [0, 0.05) is 13.0 Å². The number of rotatable bonds is 11. The van der Waals surface area contributed by atoms with Gasteiger partial charge in [0.1, 0.15) is 0 Å². The van der Waals surface area contributed by atoms with Gasteiger partial charge in [0.05, 0.1) is 24.9 Å². The Morgan fingerprint density at radius 2 is 1.53 bits per heavy atom. The highest BCUT2D eigenvalue weighted by Crippen LogP contribution is 2.36. The van der Waals surface area contributed by atoms with Gasteiger partial charge >= 0.3 is 0 Å². The Kier molecular flexibility index (Phi) is 10.1. The summed E-state index contributed by atoms with van der Waals surface area (Å²) in [5.41, 5.74) is 1.82. The Balaban J connectivity index is 2.14. The van der Waals surface area contributed by atoms with Crippen LogP contribution in [0.15, 0.2) is 60.7 Å². The third-order valence-corrected chi connectivity index (χ3v) is 11.7. The number of hydrogen-bond donors (Lipinski definition) is 2. The van der Waals surface area contributed by atoms with Crippen molar-refractivity contribution < 1.29 is 19.4 Å². The number of likely N-dealkylation sites (N-methyl/N-ethyl adjacent to an activating group) is 1. The molecule has 0 spiro atoms. The summed E-state index contributed by atoms with van der Waals surface area (Å²) in [6.07, 6.45) is -0.704. The minimum Gasteiger partial charge on any atom is -0.414 e. The zero-order valence-electron chi connectivity index (χ0n) is 21.9. The first kappa shape index (κ1) is 28.2. The third-order valence-electron chi connectivity index (χ3n) is 7.23. The van der Waals surface area contributed by atoms with E-state index in [1.165, 1.54) is 0 Å². The van der Waals surface area contributed by atoms with E-state index in [9.17, 15) is 15.0 Å². The molecule has 188 valence electrons. The summed E-state index contributed by atoms with van der Waals surface area (Å²) < 4.78 is 6.21. The summed E-state index contributed by atoms with van der Waals surface area (Å²) >= 11 is 0. The summed E-state index contributed by atoms with van der Waals surface area (Å²) in [4.78, 5) is 15.2. The lowest BCUT2D eigenvalue weighted by atomic mass is 9.91. The number of benzene rings is 2. The highest BCUT2D eigenvalue weighted by Gasteiger charge is 2.38. The number of carbonyl (C=O) groups is 1. The first-order valence-electron chi connectivity index (χ1n) is 12.2. The largest absolute Gasteiger partial charge is 0.414 e. The van der Waals surface area contributed by atoms with E-state index >= 15 is 0 Å². The molecule has 0 aliphatic heterocycles. The van der Waals surface area contributed by atoms with E-state index in [1.54, 1.807) is 11.9 Å². The van der Waals surface area contributed by atoms with Crippen LogP contribution < -0.4 is 0 Å². The van der Waals surface area contributed by atoms with E-state index in [2.05, 4.69) is 33.9 Å². The van der Waals surface area contributed by atoms with Crippen LogP contribution in [0.1, 0.15) is 51.3 Å². The summed E-state index contributed by atoms with van der Waals surface area (Å²) in [6, 6.07) is 18.8. The fourth-order valence-electron chi connectivity index (χ4n) is 3.72. The molecule has 0 bridgehead atoms. The first-order chi connectivity index (χ1) is 15.8. The van der Waals surface area contributed by atoms with Crippen LogP contribution in [-0.4, -0.2) is 55.1 Å². The number of aliphatic hydroxyl groups excluding tert-OH is 2. The fraction of sp³-hybridized carbons (Fsp3) is 0.536. The van der Waals surface area contributed by atoms with Crippen molar-refractivity contribution in [3.63, 3.8) is 0 Å². The van der Waals surface area contributed by atoms with Crippen molar-refractivity contribution in [2.45, 2.75) is 76.9 Å². The summed E-state index contributed by atoms with van der Waals surface area (Å²) in [7, 11) is -0.269. The van der Waals surface area contributed by atoms with Gasteiger partial charge in [0.15, 0.2) is 8.32 Å².